The van der Waals surface area contributed by atoms with Gasteiger partial charge in [0.15, 0.2) is 5.60 Å². The summed E-state index contributed by atoms with van der Waals surface area (Å²) in [7, 11) is -2.31. The first kappa shape index (κ1) is 19.4. The molecule has 0 saturated heterocycles. The molecule has 0 unspecified atom stereocenters. The summed E-state index contributed by atoms with van der Waals surface area (Å²) in [5.74, 6) is -0.765. The van der Waals surface area contributed by atoms with Crippen LogP contribution in [0.1, 0.15) is 41.2 Å². The summed E-state index contributed by atoms with van der Waals surface area (Å²) in [5.41, 5.74) is 2.71. The van der Waals surface area contributed by atoms with Crippen LogP contribution in [0.5, 0.6) is 0 Å². The Bertz CT molecular complexity index is 1590. The zero-order valence-electron chi connectivity index (χ0n) is 17.1. The van der Waals surface area contributed by atoms with Crippen LogP contribution in [0, 0.1) is 0 Å². The second kappa shape index (κ2) is 6.36. The molecular weight excluding hydrogens is 432 g/mol. The number of benzene rings is 1. The van der Waals surface area contributed by atoms with Gasteiger partial charge in [0.25, 0.3) is 5.56 Å². The number of aliphatic hydroxyl groups is 1. The minimum Gasteiger partial charge on any atom is -0.458 e. The number of nitrogens with zero attached hydrogens (tertiary/aromatic N) is 2. The van der Waals surface area contributed by atoms with Crippen molar-refractivity contribution in [3.8, 4) is 11.4 Å². The summed E-state index contributed by atoms with van der Waals surface area (Å²) in [6.45, 7) is 1.72. The molecule has 1 aliphatic carbocycles. The third-order valence-electron chi connectivity index (χ3n) is 6.91. The number of hydrogen-bond acceptors (Lipinski definition) is 7. The molecule has 1 N–H and O–H groups in total. The quantitative estimate of drug-likeness (QED) is 0.343. The summed E-state index contributed by atoms with van der Waals surface area (Å²) >= 11 is 0. The molecule has 3 aromatic rings. The molecule has 9 heteroatoms. The molecule has 162 valence electrons. The predicted octanol–water partition coefficient (Wildman–Crippen LogP) is 1.23. The van der Waals surface area contributed by atoms with Gasteiger partial charge in [0.05, 0.1) is 33.9 Å². The smallest absolute Gasteiger partial charge is 0.343 e. The zero-order valence-corrected chi connectivity index (χ0v) is 18.0. The minimum absolute atomic E-state index is 0.0714. The molecular formula is C23H18N2O6S. The van der Waals surface area contributed by atoms with Crippen LogP contribution in [0.3, 0.4) is 0 Å². The lowest BCUT2D eigenvalue weighted by Crippen LogP contribution is -2.44. The molecule has 6 rings (SSSR count). The molecule has 0 saturated carbocycles. The summed E-state index contributed by atoms with van der Waals surface area (Å²) in [6, 6.07) is 7.29. The Morgan fingerprint density at radius 2 is 2.00 bits per heavy atom. The lowest BCUT2D eigenvalue weighted by molar-refractivity contribution is -0.172. The number of fused-ring (bicyclic) bond motifs is 5. The Morgan fingerprint density at radius 1 is 1.19 bits per heavy atom. The van der Waals surface area contributed by atoms with Crippen molar-refractivity contribution in [3.63, 3.8) is 0 Å². The summed E-state index contributed by atoms with van der Waals surface area (Å²) in [6.07, 6.45) is 0.699. The van der Waals surface area contributed by atoms with Crippen molar-refractivity contribution in [3.05, 3.63) is 62.4 Å². The Balaban J connectivity index is 1.68. The summed E-state index contributed by atoms with van der Waals surface area (Å²) < 4.78 is 30.3. The lowest BCUT2D eigenvalue weighted by atomic mass is 9.85. The summed E-state index contributed by atoms with van der Waals surface area (Å²) in [4.78, 5) is 30.9. The van der Waals surface area contributed by atoms with Crippen molar-refractivity contribution in [2.75, 3.05) is 0 Å². The van der Waals surface area contributed by atoms with Crippen LogP contribution >= 0.6 is 0 Å². The highest BCUT2D eigenvalue weighted by molar-refractivity contribution is 7.73. The number of hydrogen-bond donors (Lipinski definition) is 1. The average molecular weight is 450 g/mol. The normalized spacial score (nSPS) is 20.6. The van der Waals surface area contributed by atoms with Gasteiger partial charge in [-0.15, -0.1) is 0 Å². The standard InChI is InChI=1S/C23H18N2O6S/c1-2-23(28)16-8-18-20-14(9-25(18)21(26)15(16)10-31-22(23)27)13-7-12(32(29)30)6-11-4-3-5-17(24-20)19(11)13/h3-5,8,28H,2,6-7,9-10H2,1H3/t23-/m0/s1. The van der Waals surface area contributed by atoms with Gasteiger partial charge in [-0.05, 0) is 29.7 Å². The van der Waals surface area contributed by atoms with E-state index < -0.39 is 21.9 Å². The number of cyclic esters (lactones) is 1. The van der Waals surface area contributed by atoms with Crippen molar-refractivity contribution < 1.29 is 23.1 Å². The molecule has 2 aromatic heterocycles. The van der Waals surface area contributed by atoms with E-state index in [1.807, 2.05) is 18.2 Å². The fraction of sp³-hybridized carbons (Fsp3) is 0.304. The van der Waals surface area contributed by atoms with E-state index >= 15 is 0 Å². The van der Waals surface area contributed by atoms with E-state index in [4.69, 9.17) is 9.72 Å². The second-order valence-electron chi connectivity index (χ2n) is 8.46. The Kier molecular flexibility index (Phi) is 3.86. The van der Waals surface area contributed by atoms with E-state index in [2.05, 4.69) is 0 Å². The van der Waals surface area contributed by atoms with Crippen molar-refractivity contribution in [2.45, 2.75) is 44.9 Å². The van der Waals surface area contributed by atoms with Gasteiger partial charge in [0.2, 0.25) is 10.3 Å². The summed E-state index contributed by atoms with van der Waals surface area (Å²) in [5, 5.41) is 11.9. The second-order valence-corrected chi connectivity index (χ2v) is 9.51. The highest BCUT2D eigenvalue weighted by Gasteiger charge is 2.45. The first-order valence-corrected chi connectivity index (χ1v) is 11.5. The van der Waals surface area contributed by atoms with Crippen molar-refractivity contribution >= 4 is 32.0 Å². The van der Waals surface area contributed by atoms with Gasteiger partial charge in [-0.1, -0.05) is 19.1 Å². The van der Waals surface area contributed by atoms with E-state index in [9.17, 15) is 23.1 Å². The Labute approximate surface area is 183 Å². The third kappa shape index (κ3) is 2.35. The maximum Gasteiger partial charge on any atom is 0.343 e. The molecule has 1 aromatic carbocycles. The molecule has 0 bridgehead atoms. The molecule has 3 aliphatic rings. The maximum absolute atomic E-state index is 13.4. The number of pyridine rings is 2. The molecule has 2 aliphatic heterocycles. The lowest BCUT2D eigenvalue weighted by Gasteiger charge is -2.31. The van der Waals surface area contributed by atoms with Gasteiger partial charge in [0, 0.05) is 29.4 Å². The fourth-order valence-electron chi connectivity index (χ4n) is 5.24. The SMILES string of the molecule is CC[C@@]1(O)C(=O)OCc2c1cc1n(c2=O)Cc2c-1nc1cccc3c1c2CC(=S(=O)=O)C3. The molecule has 0 amide bonds. The van der Waals surface area contributed by atoms with E-state index in [-0.39, 0.29) is 42.7 Å². The Hall–Kier alpha value is -3.30. The largest absolute Gasteiger partial charge is 0.458 e. The maximum atomic E-state index is 13.4. The van der Waals surface area contributed by atoms with E-state index in [0.29, 0.717) is 22.7 Å². The molecule has 0 fully saturated rings. The van der Waals surface area contributed by atoms with Gasteiger partial charge in [-0.3, -0.25) is 4.79 Å². The van der Waals surface area contributed by atoms with Crippen LogP contribution in [0.2, 0.25) is 0 Å². The number of rotatable bonds is 1. The average Bonchev–Trinajstić information content (AvgIpc) is 3.16. The van der Waals surface area contributed by atoms with Crippen molar-refractivity contribution in [1.82, 2.24) is 9.55 Å². The number of carbonyl (C=O) groups is 1. The van der Waals surface area contributed by atoms with Crippen molar-refractivity contribution in [1.29, 1.82) is 0 Å². The van der Waals surface area contributed by atoms with Crippen LogP contribution in [-0.4, -0.2) is 33.9 Å². The van der Waals surface area contributed by atoms with Gasteiger partial charge >= 0.3 is 5.97 Å². The number of aromatic nitrogens is 2. The monoisotopic (exact) mass is 450 g/mol. The van der Waals surface area contributed by atoms with E-state index in [1.165, 1.54) is 0 Å². The molecule has 32 heavy (non-hydrogen) atoms. The molecule has 0 spiro atoms. The van der Waals surface area contributed by atoms with Crippen LogP contribution in [-0.2, 0) is 51.4 Å². The van der Waals surface area contributed by atoms with Crippen LogP contribution in [0.15, 0.2) is 29.1 Å². The first-order chi connectivity index (χ1) is 15.3. The van der Waals surface area contributed by atoms with Gasteiger partial charge < -0.3 is 14.4 Å². The fourth-order valence-corrected chi connectivity index (χ4v) is 5.77. The van der Waals surface area contributed by atoms with Crippen LogP contribution in [0.25, 0.3) is 22.3 Å². The third-order valence-corrected chi connectivity index (χ3v) is 7.67. The van der Waals surface area contributed by atoms with Gasteiger partial charge in [-0.2, -0.15) is 8.42 Å². The highest BCUT2D eigenvalue weighted by Crippen LogP contribution is 2.41. The first-order valence-electron chi connectivity index (χ1n) is 10.4. The molecule has 1 atom stereocenters. The molecule has 8 nitrogen and oxygen atoms in total. The number of carbonyl (C=O) groups excluding carboxylic acids is 1. The van der Waals surface area contributed by atoms with E-state index in [0.717, 1.165) is 27.6 Å². The highest BCUT2D eigenvalue weighted by atomic mass is 32.2. The van der Waals surface area contributed by atoms with Crippen molar-refractivity contribution in [2.24, 2.45) is 0 Å². The topological polar surface area (TPSA) is 116 Å². The van der Waals surface area contributed by atoms with Crippen LogP contribution < -0.4 is 5.56 Å². The number of ether oxygens (including phenoxy) is 1. The van der Waals surface area contributed by atoms with E-state index in [1.54, 1.807) is 17.6 Å². The molecule has 0 radical (unpaired) electrons. The minimum atomic E-state index is -2.31. The van der Waals surface area contributed by atoms with Crippen LogP contribution in [0.4, 0.5) is 0 Å². The molecule has 4 heterocycles. The zero-order chi connectivity index (χ0) is 22.4. The predicted molar refractivity (Wildman–Crippen MR) is 116 cm³/mol. The Morgan fingerprint density at radius 3 is 2.75 bits per heavy atom. The van der Waals surface area contributed by atoms with Gasteiger partial charge in [-0.25, -0.2) is 9.78 Å². The van der Waals surface area contributed by atoms with Gasteiger partial charge in [0.1, 0.15) is 6.61 Å². The number of esters is 1.